The predicted molar refractivity (Wildman–Crippen MR) is 135 cm³/mol. The summed E-state index contributed by atoms with van der Waals surface area (Å²) in [6.45, 7) is 7.47. The molecule has 1 aliphatic carbocycles. The lowest BCUT2D eigenvalue weighted by molar-refractivity contribution is 0.0564. The van der Waals surface area contributed by atoms with Gasteiger partial charge in [-0.25, -0.2) is 4.39 Å². The molecule has 2 heterocycles. The van der Waals surface area contributed by atoms with E-state index in [2.05, 4.69) is 11.8 Å². The lowest BCUT2D eigenvalue weighted by atomic mass is 9.70. The molecule has 3 fully saturated rings. The van der Waals surface area contributed by atoms with Gasteiger partial charge in [-0.15, -0.1) is 0 Å². The second kappa shape index (κ2) is 10.3. The molecular weight excluding hydrogens is 443 g/mol. The van der Waals surface area contributed by atoms with Crippen LogP contribution in [0.5, 0.6) is 5.75 Å². The molecule has 0 unspecified atom stereocenters. The number of ether oxygens (including phenoxy) is 1. The van der Waals surface area contributed by atoms with Crippen LogP contribution >= 0.6 is 0 Å². The van der Waals surface area contributed by atoms with Crippen LogP contribution in [0.25, 0.3) is 11.1 Å². The van der Waals surface area contributed by atoms with E-state index in [-0.39, 0.29) is 11.7 Å². The molecule has 5 nitrogen and oxygen atoms in total. The number of carbonyl (C=O) groups is 1. The van der Waals surface area contributed by atoms with E-state index < -0.39 is 6.10 Å². The Kier molecular flexibility index (Phi) is 7.12. The van der Waals surface area contributed by atoms with Gasteiger partial charge in [-0.2, -0.15) is 0 Å². The van der Waals surface area contributed by atoms with Gasteiger partial charge in [-0.1, -0.05) is 25.5 Å². The Bertz CT molecular complexity index is 1030. The van der Waals surface area contributed by atoms with Crippen molar-refractivity contribution in [3.63, 3.8) is 0 Å². The maximum atomic E-state index is 14.9. The normalized spacial score (nSPS) is 22.7. The van der Waals surface area contributed by atoms with E-state index >= 15 is 0 Å². The summed E-state index contributed by atoms with van der Waals surface area (Å²) in [7, 11) is 0. The first-order valence-electron chi connectivity index (χ1n) is 13.1. The van der Waals surface area contributed by atoms with Gasteiger partial charge in [0.1, 0.15) is 11.6 Å². The summed E-state index contributed by atoms with van der Waals surface area (Å²) < 4.78 is 20.9. The SMILES string of the molecule is CC1(CN2CCC(COc3ccc(-c4ccc(C(=O)N5CC[C@H](O)C5)cc4)c(F)c3)CC2)CCC1. The monoisotopic (exact) mass is 480 g/mol. The van der Waals surface area contributed by atoms with E-state index in [9.17, 15) is 14.3 Å². The lowest BCUT2D eigenvalue weighted by Crippen LogP contribution is -2.44. The number of likely N-dealkylation sites (tertiary alicyclic amines) is 2. The summed E-state index contributed by atoms with van der Waals surface area (Å²) in [5.74, 6) is 0.660. The zero-order valence-corrected chi connectivity index (χ0v) is 20.7. The van der Waals surface area contributed by atoms with Crippen LogP contribution < -0.4 is 4.74 Å². The molecule has 0 spiro atoms. The quantitative estimate of drug-likeness (QED) is 0.607. The van der Waals surface area contributed by atoms with Crippen LogP contribution in [0.2, 0.25) is 0 Å². The van der Waals surface area contributed by atoms with Gasteiger partial charge >= 0.3 is 0 Å². The molecule has 2 aromatic rings. The zero-order chi connectivity index (χ0) is 24.4. The van der Waals surface area contributed by atoms with Gasteiger partial charge in [0.15, 0.2) is 0 Å². The Balaban J connectivity index is 1.12. The molecule has 1 saturated carbocycles. The van der Waals surface area contributed by atoms with E-state index in [1.54, 1.807) is 35.2 Å². The number of hydrogen-bond acceptors (Lipinski definition) is 4. The number of aliphatic hydroxyl groups excluding tert-OH is 1. The highest BCUT2D eigenvalue weighted by molar-refractivity contribution is 5.95. The predicted octanol–water partition coefficient (Wildman–Crippen LogP) is 4.98. The van der Waals surface area contributed by atoms with E-state index in [1.165, 1.54) is 31.9 Å². The number of carbonyl (C=O) groups excluding carboxylic acids is 1. The smallest absolute Gasteiger partial charge is 0.253 e. The Morgan fingerprint density at radius 1 is 1.09 bits per heavy atom. The second-order valence-electron chi connectivity index (χ2n) is 11.1. The first-order chi connectivity index (χ1) is 16.9. The lowest BCUT2D eigenvalue weighted by Gasteiger charge is -2.44. The summed E-state index contributed by atoms with van der Waals surface area (Å²) >= 11 is 0. The molecule has 1 atom stereocenters. The summed E-state index contributed by atoms with van der Waals surface area (Å²) in [6, 6.07) is 12.0. The van der Waals surface area contributed by atoms with Crippen LogP contribution in [0.3, 0.4) is 0 Å². The average Bonchev–Trinajstić information content (AvgIpc) is 3.28. The van der Waals surface area contributed by atoms with Gasteiger partial charge in [0.05, 0.1) is 12.7 Å². The zero-order valence-electron chi connectivity index (χ0n) is 20.7. The molecule has 0 aromatic heterocycles. The number of hydrogen-bond donors (Lipinski definition) is 1. The van der Waals surface area contributed by atoms with Crippen LogP contribution in [-0.4, -0.2) is 66.2 Å². The van der Waals surface area contributed by atoms with Crippen LogP contribution in [0, 0.1) is 17.2 Å². The van der Waals surface area contributed by atoms with Crippen molar-refractivity contribution in [2.24, 2.45) is 11.3 Å². The number of nitrogens with zero attached hydrogens (tertiary/aromatic N) is 2. The molecule has 2 saturated heterocycles. The molecule has 5 rings (SSSR count). The third-order valence-electron chi connectivity index (χ3n) is 8.19. The molecule has 3 aliphatic rings. The minimum atomic E-state index is -0.443. The first kappa shape index (κ1) is 24.3. The van der Waals surface area contributed by atoms with Crippen molar-refractivity contribution in [2.75, 3.05) is 39.3 Å². The van der Waals surface area contributed by atoms with Crippen molar-refractivity contribution < 1.29 is 19.0 Å². The van der Waals surface area contributed by atoms with E-state index in [4.69, 9.17) is 4.74 Å². The summed E-state index contributed by atoms with van der Waals surface area (Å²) in [5, 5.41) is 9.66. The van der Waals surface area contributed by atoms with Crippen molar-refractivity contribution >= 4 is 5.91 Å². The molecule has 0 bridgehead atoms. The van der Waals surface area contributed by atoms with E-state index in [0.717, 1.165) is 31.5 Å². The van der Waals surface area contributed by atoms with Crippen LogP contribution in [0.15, 0.2) is 42.5 Å². The third-order valence-corrected chi connectivity index (χ3v) is 8.19. The number of halogens is 1. The molecule has 0 radical (unpaired) electrons. The Hall–Kier alpha value is -2.44. The Labute approximate surface area is 207 Å². The molecule has 1 amide bonds. The highest BCUT2D eigenvalue weighted by Crippen LogP contribution is 2.41. The Morgan fingerprint density at radius 3 is 2.43 bits per heavy atom. The standard InChI is InChI=1S/C29H37FN2O3/c1-29(12-2-13-29)20-31-14-9-21(10-15-31)19-35-25-7-8-26(27(30)17-25)22-3-5-23(6-4-22)28(34)32-16-11-24(33)18-32/h3-8,17,21,24,33H,2,9-16,18-20H2,1H3/t24-/m0/s1. The topological polar surface area (TPSA) is 53.0 Å². The third kappa shape index (κ3) is 5.70. The summed E-state index contributed by atoms with van der Waals surface area (Å²) in [6.07, 6.45) is 6.55. The molecule has 6 heteroatoms. The first-order valence-corrected chi connectivity index (χ1v) is 13.1. The summed E-state index contributed by atoms with van der Waals surface area (Å²) in [4.78, 5) is 16.8. The molecular formula is C29H37FN2O3. The largest absolute Gasteiger partial charge is 0.493 e. The number of amides is 1. The van der Waals surface area contributed by atoms with Crippen molar-refractivity contribution in [1.29, 1.82) is 0 Å². The number of piperidine rings is 1. The van der Waals surface area contributed by atoms with Crippen LogP contribution in [0.4, 0.5) is 4.39 Å². The molecule has 1 N–H and O–H groups in total. The number of rotatable bonds is 7. The van der Waals surface area contributed by atoms with Gasteiger partial charge in [0.2, 0.25) is 0 Å². The Morgan fingerprint density at radius 2 is 1.83 bits per heavy atom. The van der Waals surface area contributed by atoms with Gasteiger partial charge in [-0.3, -0.25) is 4.79 Å². The number of benzene rings is 2. The molecule has 2 aromatic carbocycles. The molecule has 35 heavy (non-hydrogen) atoms. The number of β-amino-alcohol motifs (C(OH)–C–C–N with tert-alkyl or cyclic N) is 1. The fourth-order valence-corrected chi connectivity index (χ4v) is 5.72. The highest BCUT2D eigenvalue weighted by Gasteiger charge is 2.34. The van der Waals surface area contributed by atoms with Gasteiger partial charge < -0.3 is 19.6 Å². The molecule has 2 aliphatic heterocycles. The summed E-state index contributed by atoms with van der Waals surface area (Å²) in [5.41, 5.74) is 2.30. The van der Waals surface area contributed by atoms with E-state index in [0.29, 0.717) is 54.3 Å². The second-order valence-corrected chi connectivity index (χ2v) is 11.1. The maximum absolute atomic E-state index is 14.9. The van der Waals surface area contributed by atoms with Gasteiger partial charge in [0.25, 0.3) is 5.91 Å². The van der Waals surface area contributed by atoms with Crippen LogP contribution in [-0.2, 0) is 0 Å². The molecule has 188 valence electrons. The van der Waals surface area contributed by atoms with Crippen molar-refractivity contribution in [3.8, 4) is 16.9 Å². The maximum Gasteiger partial charge on any atom is 0.253 e. The average molecular weight is 481 g/mol. The fraction of sp³-hybridized carbons (Fsp3) is 0.552. The number of aliphatic hydroxyl groups is 1. The van der Waals surface area contributed by atoms with Crippen molar-refractivity contribution in [1.82, 2.24) is 9.80 Å². The minimum absolute atomic E-state index is 0.0969. The van der Waals surface area contributed by atoms with Crippen molar-refractivity contribution in [2.45, 2.75) is 51.6 Å². The van der Waals surface area contributed by atoms with Crippen LogP contribution in [0.1, 0.15) is 55.8 Å². The fourth-order valence-electron chi connectivity index (χ4n) is 5.72. The highest BCUT2D eigenvalue weighted by atomic mass is 19.1. The van der Waals surface area contributed by atoms with Gasteiger partial charge in [-0.05, 0) is 86.4 Å². The minimum Gasteiger partial charge on any atom is -0.493 e. The van der Waals surface area contributed by atoms with Gasteiger partial charge in [0, 0.05) is 36.8 Å². The van der Waals surface area contributed by atoms with E-state index in [1.807, 2.05) is 6.07 Å². The van der Waals surface area contributed by atoms with Crippen molar-refractivity contribution in [3.05, 3.63) is 53.8 Å².